The lowest BCUT2D eigenvalue weighted by atomic mass is 9.97. The van der Waals surface area contributed by atoms with Gasteiger partial charge in [-0.3, -0.25) is 4.79 Å². The molecule has 0 fully saturated rings. The molecule has 21 heavy (non-hydrogen) atoms. The van der Waals surface area contributed by atoms with Crippen LogP contribution in [0.25, 0.3) is 0 Å². The number of rotatable bonds is 4. The van der Waals surface area contributed by atoms with E-state index in [2.05, 4.69) is 44.2 Å². The maximum Gasteiger partial charge on any atom is 0.167 e. The van der Waals surface area contributed by atoms with Crippen LogP contribution >= 0.6 is 0 Å². The van der Waals surface area contributed by atoms with Crippen molar-refractivity contribution >= 4 is 5.78 Å². The quantitative estimate of drug-likeness (QED) is 0.739. The number of Topliss-reactive ketones (excluding diaryl/α,β-unsaturated/α-hetero) is 1. The summed E-state index contributed by atoms with van der Waals surface area (Å²) in [5.74, 6) is 0.717. The molecule has 0 saturated heterocycles. The molecular formula is C20H22O. The van der Waals surface area contributed by atoms with Crippen LogP contribution in [0.2, 0.25) is 0 Å². The lowest BCUT2D eigenvalue weighted by molar-refractivity contribution is 0.0993. The fraction of sp³-hybridized carbons (Fsp3) is 0.350. The summed E-state index contributed by atoms with van der Waals surface area (Å²) in [4.78, 5) is 12.4. The van der Waals surface area contributed by atoms with Gasteiger partial charge in [-0.05, 0) is 47.4 Å². The van der Waals surface area contributed by atoms with Crippen molar-refractivity contribution < 1.29 is 4.79 Å². The zero-order chi connectivity index (χ0) is 14.8. The highest BCUT2D eigenvalue weighted by Crippen LogP contribution is 2.23. The van der Waals surface area contributed by atoms with Gasteiger partial charge in [0, 0.05) is 12.0 Å². The minimum atomic E-state index is 0.211. The zero-order valence-electron chi connectivity index (χ0n) is 12.9. The standard InChI is InChI=1S/C20H22O/c1-14(2)16-8-10-18(11-9-16)20(21)13-15-6-7-17-4-3-5-19(17)12-15/h6-12,14H,3-5,13H2,1-2H3. The van der Waals surface area contributed by atoms with Gasteiger partial charge in [0.05, 0.1) is 0 Å². The lowest BCUT2D eigenvalue weighted by Crippen LogP contribution is -2.04. The summed E-state index contributed by atoms with van der Waals surface area (Å²) in [6.45, 7) is 4.34. The molecule has 3 rings (SSSR count). The van der Waals surface area contributed by atoms with Crippen molar-refractivity contribution in [1.82, 2.24) is 0 Å². The van der Waals surface area contributed by atoms with Gasteiger partial charge in [0.2, 0.25) is 0 Å². The number of fused-ring (bicyclic) bond motifs is 1. The Hall–Kier alpha value is -1.89. The van der Waals surface area contributed by atoms with Gasteiger partial charge in [-0.15, -0.1) is 0 Å². The molecule has 0 saturated carbocycles. The van der Waals surface area contributed by atoms with E-state index in [4.69, 9.17) is 0 Å². The molecule has 2 aromatic rings. The molecule has 108 valence electrons. The highest BCUT2D eigenvalue weighted by molar-refractivity contribution is 5.97. The maximum atomic E-state index is 12.4. The zero-order valence-corrected chi connectivity index (χ0v) is 12.9. The van der Waals surface area contributed by atoms with E-state index in [-0.39, 0.29) is 5.78 Å². The predicted molar refractivity (Wildman–Crippen MR) is 87.0 cm³/mol. The van der Waals surface area contributed by atoms with Crippen LogP contribution in [0.3, 0.4) is 0 Å². The van der Waals surface area contributed by atoms with Gasteiger partial charge >= 0.3 is 0 Å². The van der Waals surface area contributed by atoms with Crippen LogP contribution in [0.15, 0.2) is 42.5 Å². The number of ketones is 1. The van der Waals surface area contributed by atoms with Crippen molar-refractivity contribution in [2.24, 2.45) is 0 Å². The molecule has 0 N–H and O–H groups in total. The third kappa shape index (κ3) is 3.07. The predicted octanol–water partition coefficient (Wildman–Crippen LogP) is 4.72. The molecule has 0 aliphatic heterocycles. The first-order chi connectivity index (χ1) is 10.1. The van der Waals surface area contributed by atoms with Gasteiger partial charge in [-0.25, -0.2) is 0 Å². The molecule has 1 heteroatoms. The van der Waals surface area contributed by atoms with Crippen molar-refractivity contribution in [3.05, 3.63) is 70.3 Å². The summed E-state index contributed by atoms with van der Waals surface area (Å²) in [6.07, 6.45) is 4.12. The van der Waals surface area contributed by atoms with E-state index in [1.54, 1.807) is 0 Å². The Bertz CT molecular complexity index is 650. The van der Waals surface area contributed by atoms with Crippen LogP contribution in [-0.4, -0.2) is 5.78 Å². The van der Waals surface area contributed by atoms with E-state index < -0.39 is 0 Å². The topological polar surface area (TPSA) is 17.1 Å². The second-order valence-electron chi connectivity index (χ2n) is 6.33. The normalized spacial score (nSPS) is 13.5. The van der Waals surface area contributed by atoms with E-state index in [9.17, 15) is 4.79 Å². The van der Waals surface area contributed by atoms with Crippen LogP contribution in [-0.2, 0) is 19.3 Å². The fourth-order valence-corrected chi connectivity index (χ4v) is 3.08. The average molecular weight is 278 g/mol. The average Bonchev–Trinajstić information content (AvgIpc) is 2.95. The molecule has 0 aromatic heterocycles. The summed E-state index contributed by atoms with van der Waals surface area (Å²) in [6, 6.07) is 14.6. The van der Waals surface area contributed by atoms with Gasteiger partial charge in [-0.2, -0.15) is 0 Å². The van der Waals surface area contributed by atoms with Crippen molar-refractivity contribution in [2.45, 2.75) is 45.4 Å². The molecule has 0 amide bonds. The Morgan fingerprint density at radius 3 is 2.43 bits per heavy atom. The Morgan fingerprint density at radius 2 is 1.71 bits per heavy atom. The van der Waals surface area contributed by atoms with E-state index in [1.807, 2.05) is 12.1 Å². The Morgan fingerprint density at radius 1 is 1.00 bits per heavy atom. The number of hydrogen-bond acceptors (Lipinski definition) is 1. The summed E-state index contributed by atoms with van der Waals surface area (Å²) < 4.78 is 0. The van der Waals surface area contributed by atoms with Crippen LogP contribution < -0.4 is 0 Å². The van der Waals surface area contributed by atoms with Gasteiger partial charge in [0.1, 0.15) is 0 Å². The van der Waals surface area contributed by atoms with Crippen LogP contribution in [0.4, 0.5) is 0 Å². The molecular weight excluding hydrogens is 256 g/mol. The molecule has 0 spiro atoms. The van der Waals surface area contributed by atoms with E-state index in [0.717, 1.165) is 11.1 Å². The number of carbonyl (C=O) groups is 1. The second kappa shape index (κ2) is 5.85. The number of benzene rings is 2. The van der Waals surface area contributed by atoms with E-state index >= 15 is 0 Å². The summed E-state index contributed by atoms with van der Waals surface area (Å²) in [5, 5.41) is 0. The van der Waals surface area contributed by atoms with E-state index in [1.165, 1.54) is 36.0 Å². The molecule has 1 aliphatic carbocycles. The lowest BCUT2D eigenvalue weighted by Gasteiger charge is -2.07. The Balaban J connectivity index is 1.74. The highest BCUT2D eigenvalue weighted by Gasteiger charge is 2.13. The second-order valence-corrected chi connectivity index (χ2v) is 6.33. The monoisotopic (exact) mass is 278 g/mol. The minimum absolute atomic E-state index is 0.211. The van der Waals surface area contributed by atoms with Gasteiger partial charge < -0.3 is 0 Å². The first-order valence-electron chi connectivity index (χ1n) is 7.87. The minimum Gasteiger partial charge on any atom is -0.294 e. The van der Waals surface area contributed by atoms with Gasteiger partial charge in [0.25, 0.3) is 0 Å². The highest BCUT2D eigenvalue weighted by atomic mass is 16.1. The fourth-order valence-electron chi connectivity index (χ4n) is 3.08. The molecule has 1 aliphatic rings. The third-order valence-electron chi connectivity index (χ3n) is 4.43. The summed E-state index contributed by atoms with van der Waals surface area (Å²) in [5.41, 5.74) is 6.15. The van der Waals surface area contributed by atoms with Crippen LogP contribution in [0.5, 0.6) is 0 Å². The molecule has 0 bridgehead atoms. The summed E-state index contributed by atoms with van der Waals surface area (Å²) in [7, 11) is 0. The Labute approximate surface area is 127 Å². The molecule has 0 heterocycles. The third-order valence-corrected chi connectivity index (χ3v) is 4.43. The SMILES string of the molecule is CC(C)c1ccc(C(=O)Cc2ccc3c(c2)CCC3)cc1. The van der Waals surface area contributed by atoms with Crippen LogP contribution in [0, 0.1) is 0 Å². The maximum absolute atomic E-state index is 12.4. The Kier molecular flexibility index (Phi) is 3.92. The molecule has 0 unspecified atom stereocenters. The first-order valence-corrected chi connectivity index (χ1v) is 7.87. The van der Waals surface area contributed by atoms with Gasteiger partial charge in [0.15, 0.2) is 5.78 Å². The first kappa shape index (κ1) is 14.1. The number of aryl methyl sites for hydroxylation is 2. The molecule has 0 atom stereocenters. The van der Waals surface area contributed by atoms with Crippen molar-refractivity contribution in [3.63, 3.8) is 0 Å². The smallest absolute Gasteiger partial charge is 0.167 e. The van der Waals surface area contributed by atoms with Gasteiger partial charge in [-0.1, -0.05) is 56.3 Å². The number of carbonyl (C=O) groups excluding carboxylic acids is 1. The molecule has 0 radical (unpaired) electrons. The van der Waals surface area contributed by atoms with Crippen molar-refractivity contribution in [2.75, 3.05) is 0 Å². The van der Waals surface area contributed by atoms with Crippen molar-refractivity contribution in [1.29, 1.82) is 0 Å². The molecule has 2 aromatic carbocycles. The van der Waals surface area contributed by atoms with E-state index in [0.29, 0.717) is 12.3 Å². The van der Waals surface area contributed by atoms with Crippen molar-refractivity contribution in [3.8, 4) is 0 Å². The largest absolute Gasteiger partial charge is 0.294 e. The number of hydrogen-bond donors (Lipinski definition) is 0. The molecule has 1 nitrogen and oxygen atoms in total. The summed E-state index contributed by atoms with van der Waals surface area (Å²) >= 11 is 0. The van der Waals surface area contributed by atoms with Crippen LogP contribution in [0.1, 0.15) is 58.8 Å².